The van der Waals surface area contributed by atoms with Gasteiger partial charge in [-0.15, -0.1) is 0 Å². The molecule has 0 saturated carbocycles. The Kier molecular flexibility index (Phi) is 6.15. The Hall–Kier alpha value is -1.80. The van der Waals surface area contributed by atoms with Crippen LogP contribution in [0.4, 0.5) is 0 Å². The Morgan fingerprint density at radius 3 is 2.17 bits per heavy atom. The maximum absolute atomic E-state index is 13.5. The summed E-state index contributed by atoms with van der Waals surface area (Å²) >= 11 is 18.2. The van der Waals surface area contributed by atoms with Crippen LogP contribution >= 0.6 is 34.8 Å². The highest BCUT2D eigenvalue weighted by atomic mass is 35.6. The third-order valence-corrected chi connectivity index (χ3v) is 6.73. The van der Waals surface area contributed by atoms with Crippen molar-refractivity contribution < 1.29 is 17.9 Å². The van der Waals surface area contributed by atoms with Gasteiger partial charge in [0, 0.05) is 0 Å². The standard InChI is InChI=1S/C19H17Cl3N2O4S/c1-12-8-10-14(11-9-12)29(26,27)24-16(17(25)28-2)15(13-6-4-3-5-7-13)23-18(24)19(20,21)22/h3-11,15-16H,1-2H3/t15-,16+/m0/s1. The fourth-order valence-corrected chi connectivity index (χ4v) is 5.25. The zero-order valence-corrected chi connectivity index (χ0v) is 18.5. The Morgan fingerprint density at radius 2 is 1.66 bits per heavy atom. The second kappa shape index (κ2) is 8.14. The average Bonchev–Trinajstić information content (AvgIpc) is 3.10. The highest BCUT2D eigenvalue weighted by Crippen LogP contribution is 2.43. The first-order chi connectivity index (χ1) is 13.6. The number of benzene rings is 2. The molecular weight excluding hydrogens is 459 g/mol. The number of carbonyl (C=O) groups excluding carboxylic acids is 1. The zero-order valence-electron chi connectivity index (χ0n) is 15.4. The second-order valence-corrected chi connectivity index (χ2v) is 10.5. The van der Waals surface area contributed by atoms with Crippen LogP contribution in [-0.4, -0.2) is 41.5 Å². The van der Waals surface area contributed by atoms with Gasteiger partial charge in [0.05, 0.1) is 12.0 Å². The summed E-state index contributed by atoms with van der Waals surface area (Å²) in [5, 5.41) is 0. The van der Waals surface area contributed by atoms with E-state index < -0.39 is 31.9 Å². The molecule has 2 atom stereocenters. The lowest BCUT2D eigenvalue weighted by Crippen LogP contribution is -2.50. The molecule has 2 aromatic rings. The number of sulfonamides is 1. The summed E-state index contributed by atoms with van der Waals surface area (Å²) in [6.45, 7) is 1.82. The number of esters is 1. The number of nitrogens with zero attached hydrogens (tertiary/aromatic N) is 2. The van der Waals surface area contributed by atoms with Gasteiger partial charge in [-0.3, -0.25) is 4.99 Å². The smallest absolute Gasteiger partial charge is 0.332 e. The predicted octanol–water partition coefficient (Wildman–Crippen LogP) is 4.05. The fourth-order valence-electron chi connectivity index (χ4n) is 3.06. The third-order valence-electron chi connectivity index (χ3n) is 4.44. The van der Waals surface area contributed by atoms with Crippen molar-refractivity contribution in [1.29, 1.82) is 0 Å². The molecule has 0 fully saturated rings. The minimum absolute atomic E-state index is 0.0623. The van der Waals surface area contributed by atoms with Gasteiger partial charge >= 0.3 is 5.97 Å². The molecule has 0 bridgehead atoms. The van der Waals surface area contributed by atoms with Crippen LogP contribution in [0.15, 0.2) is 64.5 Å². The zero-order chi connectivity index (χ0) is 21.4. The normalized spacial score (nSPS) is 19.8. The molecule has 0 amide bonds. The van der Waals surface area contributed by atoms with Crippen LogP contribution in [0.2, 0.25) is 0 Å². The van der Waals surface area contributed by atoms with Crippen molar-refractivity contribution in [3.8, 4) is 0 Å². The van der Waals surface area contributed by atoms with E-state index in [0.29, 0.717) is 5.56 Å². The minimum Gasteiger partial charge on any atom is -0.467 e. The van der Waals surface area contributed by atoms with E-state index in [1.165, 1.54) is 12.1 Å². The molecule has 29 heavy (non-hydrogen) atoms. The van der Waals surface area contributed by atoms with Crippen LogP contribution in [0.25, 0.3) is 0 Å². The molecule has 0 aromatic heterocycles. The molecule has 1 aliphatic heterocycles. The maximum Gasteiger partial charge on any atom is 0.332 e. The van der Waals surface area contributed by atoms with Crippen molar-refractivity contribution in [1.82, 2.24) is 4.31 Å². The summed E-state index contributed by atoms with van der Waals surface area (Å²) in [7, 11) is -3.12. The molecule has 0 N–H and O–H groups in total. The van der Waals surface area contributed by atoms with Gasteiger partial charge in [0.2, 0.25) is 3.79 Å². The van der Waals surface area contributed by atoms with Crippen molar-refractivity contribution >= 4 is 56.6 Å². The van der Waals surface area contributed by atoms with E-state index >= 15 is 0 Å². The lowest BCUT2D eigenvalue weighted by atomic mass is 10.0. The number of amidine groups is 1. The highest BCUT2D eigenvalue weighted by molar-refractivity contribution is 7.89. The van der Waals surface area contributed by atoms with E-state index in [0.717, 1.165) is 17.0 Å². The molecule has 154 valence electrons. The van der Waals surface area contributed by atoms with Crippen molar-refractivity contribution in [2.75, 3.05) is 7.11 Å². The van der Waals surface area contributed by atoms with Gasteiger partial charge in [0.1, 0.15) is 6.04 Å². The Balaban J connectivity index is 2.22. The van der Waals surface area contributed by atoms with Crippen molar-refractivity contribution in [2.24, 2.45) is 4.99 Å². The van der Waals surface area contributed by atoms with E-state index in [1.807, 2.05) is 6.92 Å². The van der Waals surface area contributed by atoms with Crippen LogP contribution in [0, 0.1) is 6.92 Å². The number of ether oxygens (including phenoxy) is 1. The summed E-state index contributed by atoms with van der Waals surface area (Å²) in [4.78, 5) is 17.0. The predicted molar refractivity (Wildman–Crippen MR) is 113 cm³/mol. The highest BCUT2D eigenvalue weighted by Gasteiger charge is 2.54. The van der Waals surface area contributed by atoms with Crippen LogP contribution < -0.4 is 0 Å². The minimum atomic E-state index is -4.28. The molecule has 0 radical (unpaired) electrons. The van der Waals surface area contributed by atoms with Crippen LogP contribution in [0.3, 0.4) is 0 Å². The van der Waals surface area contributed by atoms with E-state index in [1.54, 1.807) is 42.5 Å². The molecule has 6 nitrogen and oxygen atoms in total. The van der Waals surface area contributed by atoms with Gasteiger partial charge in [0.25, 0.3) is 10.0 Å². The maximum atomic E-state index is 13.5. The lowest BCUT2D eigenvalue weighted by molar-refractivity contribution is -0.144. The number of carbonyl (C=O) groups is 1. The van der Waals surface area contributed by atoms with E-state index in [9.17, 15) is 13.2 Å². The topological polar surface area (TPSA) is 76.0 Å². The Morgan fingerprint density at radius 1 is 1.07 bits per heavy atom. The molecule has 10 heteroatoms. The second-order valence-electron chi connectivity index (χ2n) is 6.39. The number of alkyl halides is 3. The lowest BCUT2D eigenvalue weighted by Gasteiger charge is -2.29. The number of rotatable bonds is 4. The summed E-state index contributed by atoms with van der Waals surface area (Å²) in [6, 6.07) is 12.5. The third kappa shape index (κ3) is 4.23. The van der Waals surface area contributed by atoms with Crippen LogP contribution in [0.5, 0.6) is 0 Å². The summed E-state index contributed by atoms with van der Waals surface area (Å²) in [5.74, 6) is -1.19. The largest absolute Gasteiger partial charge is 0.467 e. The molecule has 0 saturated heterocycles. The van der Waals surface area contributed by atoms with E-state index in [2.05, 4.69) is 4.99 Å². The van der Waals surface area contributed by atoms with Gasteiger partial charge in [0.15, 0.2) is 11.9 Å². The molecule has 2 aromatic carbocycles. The number of methoxy groups -OCH3 is 1. The van der Waals surface area contributed by atoms with Crippen molar-refractivity contribution in [3.63, 3.8) is 0 Å². The van der Waals surface area contributed by atoms with Crippen molar-refractivity contribution in [3.05, 3.63) is 65.7 Å². The van der Waals surface area contributed by atoms with E-state index in [-0.39, 0.29) is 10.7 Å². The summed E-state index contributed by atoms with van der Waals surface area (Å²) < 4.78 is 30.4. The number of hydrogen-bond donors (Lipinski definition) is 0. The molecule has 0 aliphatic carbocycles. The van der Waals surface area contributed by atoms with Crippen LogP contribution in [-0.2, 0) is 19.6 Å². The molecule has 3 rings (SSSR count). The quantitative estimate of drug-likeness (QED) is 0.494. The average molecular weight is 476 g/mol. The van der Waals surface area contributed by atoms with Gasteiger partial charge in [-0.1, -0.05) is 82.8 Å². The Bertz CT molecular complexity index is 1040. The number of aliphatic imine (C=N–C) groups is 1. The number of aryl methyl sites for hydroxylation is 1. The summed E-state index contributed by atoms with van der Waals surface area (Å²) in [5.41, 5.74) is 1.45. The number of halogens is 3. The summed E-state index contributed by atoms with van der Waals surface area (Å²) in [6.07, 6.45) is 0. The van der Waals surface area contributed by atoms with E-state index in [4.69, 9.17) is 39.5 Å². The first-order valence-electron chi connectivity index (χ1n) is 8.46. The first kappa shape index (κ1) is 21.9. The van der Waals surface area contributed by atoms with Gasteiger partial charge in [-0.25, -0.2) is 17.5 Å². The Labute approximate surface area is 184 Å². The van der Waals surface area contributed by atoms with Gasteiger partial charge in [-0.2, -0.15) is 0 Å². The monoisotopic (exact) mass is 474 g/mol. The fraction of sp³-hybridized carbons (Fsp3) is 0.263. The number of hydrogen-bond acceptors (Lipinski definition) is 5. The molecule has 1 heterocycles. The molecule has 0 unspecified atom stereocenters. The van der Waals surface area contributed by atoms with Gasteiger partial charge in [-0.05, 0) is 24.6 Å². The molecule has 0 spiro atoms. The molecular formula is C19H17Cl3N2O4S. The first-order valence-corrected chi connectivity index (χ1v) is 11.0. The van der Waals surface area contributed by atoms with Gasteiger partial charge < -0.3 is 4.74 Å². The molecule has 1 aliphatic rings. The van der Waals surface area contributed by atoms with Crippen molar-refractivity contribution in [2.45, 2.75) is 27.7 Å². The van der Waals surface area contributed by atoms with Crippen LogP contribution in [0.1, 0.15) is 17.2 Å². The SMILES string of the molecule is COC(=O)[C@H]1[C@H](c2ccccc2)N=C(C(Cl)(Cl)Cl)N1S(=O)(=O)c1ccc(C)cc1.